The van der Waals surface area contributed by atoms with Crippen LogP contribution in [0.1, 0.15) is 56.1 Å². The van der Waals surface area contributed by atoms with Crippen LogP contribution in [0.5, 0.6) is 5.75 Å². The summed E-state index contributed by atoms with van der Waals surface area (Å²) >= 11 is 0. The summed E-state index contributed by atoms with van der Waals surface area (Å²) in [6.45, 7) is 2.09. The van der Waals surface area contributed by atoms with Crippen LogP contribution in [0, 0.1) is 17.3 Å². The Kier molecular flexibility index (Phi) is 3.39. The van der Waals surface area contributed by atoms with Crippen LogP contribution < -0.4 is 5.14 Å². The summed E-state index contributed by atoms with van der Waals surface area (Å²) in [4.78, 5) is 12.4. The van der Waals surface area contributed by atoms with E-state index in [0.29, 0.717) is 24.0 Å². The number of nitrogens with two attached hydrogens (primary N) is 1. The number of hydrogen-bond acceptors (Lipinski definition) is 4. The molecule has 5 nitrogen and oxygen atoms in total. The van der Waals surface area contributed by atoms with Crippen LogP contribution in [0.25, 0.3) is 0 Å². The molecule has 0 amide bonds. The normalized spacial score (nSPS) is 35.2. The van der Waals surface area contributed by atoms with E-state index in [0.717, 1.165) is 43.2 Å². The van der Waals surface area contributed by atoms with Crippen LogP contribution in [0.3, 0.4) is 0 Å². The van der Waals surface area contributed by atoms with E-state index < -0.39 is 10.0 Å². The van der Waals surface area contributed by atoms with E-state index in [1.807, 2.05) is 0 Å². The number of phenolic OH excluding ortho intramolecular Hbond substituents is 1. The minimum atomic E-state index is -3.89. The number of sulfonamides is 1. The van der Waals surface area contributed by atoms with E-state index in [9.17, 15) is 18.3 Å². The van der Waals surface area contributed by atoms with Crippen LogP contribution in [0.2, 0.25) is 0 Å². The van der Waals surface area contributed by atoms with Gasteiger partial charge in [0.25, 0.3) is 0 Å². The predicted octanol–water partition coefficient (Wildman–Crippen LogP) is 2.46. The Balaban J connectivity index is 1.84. The van der Waals surface area contributed by atoms with Gasteiger partial charge in [-0.2, -0.15) is 0 Å². The van der Waals surface area contributed by atoms with Gasteiger partial charge in [-0.25, -0.2) is 13.6 Å². The molecule has 4 rings (SSSR count). The third-order valence-corrected chi connectivity index (χ3v) is 7.73. The SMILES string of the molecule is C[C@]12CC[C@@H]3c4c(cc(O)cc4S(N)(=O)=O)CC[C@H]3[C@@H]1CCC2=O. The first-order valence-electron chi connectivity index (χ1n) is 8.64. The molecule has 3 N–H and O–H groups in total. The van der Waals surface area contributed by atoms with E-state index in [1.54, 1.807) is 6.07 Å². The number of fused-ring (bicyclic) bond motifs is 5. The molecular weight excluding hydrogens is 326 g/mol. The molecule has 0 aromatic heterocycles. The number of aromatic hydroxyl groups is 1. The molecule has 3 aliphatic carbocycles. The Hall–Kier alpha value is -1.40. The molecule has 6 heteroatoms. The molecule has 2 fully saturated rings. The second-order valence-corrected chi connectivity index (χ2v) is 9.43. The predicted molar refractivity (Wildman–Crippen MR) is 89.1 cm³/mol. The van der Waals surface area contributed by atoms with E-state index in [-0.39, 0.29) is 22.0 Å². The lowest BCUT2D eigenvalue weighted by molar-refractivity contribution is -0.129. The molecule has 0 aliphatic heterocycles. The van der Waals surface area contributed by atoms with E-state index in [1.165, 1.54) is 6.07 Å². The van der Waals surface area contributed by atoms with Gasteiger partial charge in [-0.05, 0) is 67.1 Å². The Labute approximate surface area is 142 Å². The second-order valence-electron chi connectivity index (χ2n) is 7.90. The number of rotatable bonds is 1. The second kappa shape index (κ2) is 5.05. The van der Waals surface area contributed by atoms with Gasteiger partial charge >= 0.3 is 0 Å². The maximum Gasteiger partial charge on any atom is 0.238 e. The monoisotopic (exact) mass is 349 g/mol. The molecule has 1 aromatic carbocycles. The van der Waals surface area contributed by atoms with E-state index >= 15 is 0 Å². The summed E-state index contributed by atoms with van der Waals surface area (Å²) in [6.07, 6.45) is 4.85. The van der Waals surface area contributed by atoms with Crippen molar-refractivity contribution in [2.75, 3.05) is 0 Å². The zero-order chi connectivity index (χ0) is 17.3. The van der Waals surface area contributed by atoms with Crippen LogP contribution in [0.15, 0.2) is 17.0 Å². The number of ketones is 1. The molecule has 130 valence electrons. The van der Waals surface area contributed by atoms with Crippen LogP contribution >= 0.6 is 0 Å². The summed E-state index contributed by atoms with van der Waals surface area (Å²) in [6, 6.07) is 2.96. The first kappa shape index (κ1) is 16.1. The fourth-order valence-electron chi connectivity index (χ4n) is 5.67. The van der Waals surface area contributed by atoms with Crippen LogP contribution in [-0.4, -0.2) is 19.3 Å². The van der Waals surface area contributed by atoms with Crippen LogP contribution in [-0.2, 0) is 21.2 Å². The summed E-state index contributed by atoms with van der Waals surface area (Å²) < 4.78 is 24.2. The number of primary sulfonamides is 1. The smallest absolute Gasteiger partial charge is 0.238 e. The molecule has 0 radical (unpaired) electrons. The van der Waals surface area contributed by atoms with Gasteiger partial charge in [-0.15, -0.1) is 0 Å². The van der Waals surface area contributed by atoms with Crippen molar-refractivity contribution >= 4 is 15.8 Å². The molecule has 0 heterocycles. The highest BCUT2D eigenvalue weighted by Gasteiger charge is 2.55. The maximum absolute atomic E-state index is 12.4. The summed E-state index contributed by atoms with van der Waals surface area (Å²) in [5, 5.41) is 15.3. The lowest BCUT2D eigenvalue weighted by Crippen LogP contribution is -2.43. The van der Waals surface area contributed by atoms with Crippen LogP contribution in [0.4, 0.5) is 0 Å². The topological polar surface area (TPSA) is 97.5 Å². The minimum absolute atomic E-state index is 0.0482. The van der Waals surface area contributed by atoms with Gasteiger partial charge in [0.15, 0.2) is 0 Å². The maximum atomic E-state index is 12.4. The van der Waals surface area contributed by atoms with Gasteiger partial charge in [0.05, 0.1) is 4.90 Å². The number of Topliss-reactive ketones (excluding diaryl/α,β-unsaturated/α-hetero) is 1. The summed E-state index contributed by atoms with van der Waals surface area (Å²) in [7, 11) is -3.89. The first-order chi connectivity index (χ1) is 11.2. The van der Waals surface area contributed by atoms with Crippen molar-refractivity contribution in [3.05, 3.63) is 23.3 Å². The molecule has 4 atom stereocenters. The lowest BCUT2D eigenvalue weighted by Gasteiger charge is -2.48. The summed E-state index contributed by atoms with van der Waals surface area (Å²) in [5.41, 5.74) is 1.46. The molecule has 1 aromatic rings. The van der Waals surface area contributed by atoms with Crippen molar-refractivity contribution in [1.82, 2.24) is 0 Å². The van der Waals surface area contributed by atoms with E-state index in [4.69, 9.17) is 5.14 Å². The zero-order valence-corrected chi connectivity index (χ0v) is 14.6. The molecule has 0 unspecified atom stereocenters. The Bertz CT molecular complexity index is 832. The fraction of sp³-hybridized carbons (Fsp3) is 0.611. The molecule has 0 saturated heterocycles. The van der Waals surface area contributed by atoms with Gasteiger partial charge < -0.3 is 5.11 Å². The van der Waals surface area contributed by atoms with Gasteiger partial charge in [0.2, 0.25) is 10.0 Å². The highest BCUT2D eigenvalue weighted by molar-refractivity contribution is 7.89. The lowest BCUT2D eigenvalue weighted by atomic mass is 9.55. The third kappa shape index (κ3) is 2.15. The number of aryl methyl sites for hydroxylation is 1. The van der Waals surface area contributed by atoms with Gasteiger partial charge in [-0.3, -0.25) is 4.79 Å². The third-order valence-electron chi connectivity index (χ3n) is 6.78. The molecule has 0 spiro atoms. The van der Waals surface area contributed by atoms with Crippen molar-refractivity contribution in [3.8, 4) is 5.75 Å². The number of hydrogen-bond donors (Lipinski definition) is 2. The molecule has 3 aliphatic rings. The number of carbonyl (C=O) groups excluding carboxylic acids is 1. The Morgan fingerprint density at radius 1 is 1.21 bits per heavy atom. The number of phenols is 1. The van der Waals surface area contributed by atoms with Gasteiger partial charge in [0, 0.05) is 17.9 Å². The number of carbonyl (C=O) groups is 1. The summed E-state index contributed by atoms with van der Waals surface area (Å²) in [5.74, 6) is 1.10. The van der Waals surface area contributed by atoms with E-state index in [2.05, 4.69) is 6.92 Å². The van der Waals surface area contributed by atoms with Gasteiger partial charge in [-0.1, -0.05) is 6.92 Å². The molecular formula is C18H23NO4S. The Morgan fingerprint density at radius 3 is 2.67 bits per heavy atom. The fourth-order valence-corrected chi connectivity index (χ4v) is 6.55. The molecule has 24 heavy (non-hydrogen) atoms. The standard InChI is InChI=1S/C18H23NO4S/c1-18-7-6-13-12(14(18)4-5-16(18)21)3-2-10-8-11(20)9-15(17(10)13)24(19,22)23/h8-9,12-14,20H,2-7H2,1H3,(H2,19,22,23)/t12-,13+,14+,18+/m1/s1. The molecule has 0 bridgehead atoms. The average Bonchev–Trinajstić information content (AvgIpc) is 2.81. The molecule has 2 saturated carbocycles. The zero-order valence-electron chi connectivity index (χ0n) is 13.8. The highest BCUT2D eigenvalue weighted by Crippen LogP contribution is 2.60. The van der Waals surface area contributed by atoms with Crippen molar-refractivity contribution < 1.29 is 18.3 Å². The van der Waals surface area contributed by atoms with Crippen molar-refractivity contribution in [2.45, 2.75) is 56.3 Å². The highest BCUT2D eigenvalue weighted by atomic mass is 32.2. The minimum Gasteiger partial charge on any atom is -0.508 e. The van der Waals surface area contributed by atoms with Crippen molar-refractivity contribution in [2.24, 2.45) is 22.4 Å². The average molecular weight is 349 g/mol. The van der Waals surface area contributed by atoms with Gasteiger partial charge in [0.1, 0.15) is 11.5 Å². The Morgan fingerprint density at radius 2 is 1.96 bits per heavy atom. The largest absolute Gasteiger partial charge is 0.508 e. The number of benzene rings is 1. The van der Waals surface area contributed by atoms with Crippen molar-refractivity contribution in [3.63, 3.8) is 0 Å². The van der Waals surface area contributed by atoms with Crippen molar-refractivity contribution in [1.29, 1.82) is 0 Å². The quantitative estimate of drug-likeness (QED) is 0.814. The first-order valence-corrected chi connectivity index (χ1v) is 10.2.